The Hall–Kier alpha value is -2.67. The van der Waals surface area contributed by atoms with Gasteiger partial charge in [0.2, 0.25) is 11.7 Å². The summed E-state index contributed by atoms with van der Waals surface area (Å²) in [5.41, 5.74) is 0.867. The van der Waals surface area contributed by atoms with Crippen LogP contribution in [0.1, 0.15) is 26.7 Å². The van der Waals surface area contributed by atoms with Crippen molar-refractivity contribution in [3.63, 3.8) is 0 Å². The molecule has 0 aliphatic carbocycles. The van der Waals surface area contributed by atoms with Gasteiger partial charge in [0.1, 0.15) is 12.3 Å². The van der Waals surface area contributed by atoms with Crippen LogP contribution in [0.4, 0.5) is 0 Å². The molecule has 1 atom stereocenters. The lowest BCUT2D eigenvalue weighted by atomic mass is 10.2. The van der Waals surface area contributed by atoms with E-state index in [1.54, 1.807) is 11.8 Å². The van der Waals surface area contributed by atoms with Crippen LogP contribution in [0, 0.1) is 0 Å². The average Bonchev–Trinajstić information content (AvgIpc) is 3.16. The second kappa shape index (κ2) is 9.01. The van der Waals surface area contributed by atoms with E-state index in [1.165, 1.54) is 0 Å². The van der Waals surface area contributed by atoms with Crippen LogP contribution in [-0.2, 0) is 11.3 Å². The van der Waals surface area contributed by atoms with Crippen molar-refractivity contribution >= 4 is 21.8 Å². The molecule has 0 saturated carbocycles. The van der Waals surface area contributed by atoms with Crippen LogP contribution in [0.2, 0.25) is 0 Å². The van der Waals surface area contributed by atoms with Crippen LogP contribution < -0.4 is 4.74 Å². The molecule has 1 heterocycles. The van der Waals surface area contributed by atoms with Crippen LogP contribution in [0.25, 0.3) is 11.4 Å². The molecule has 0 aliphatic heterocycles. The molecule has 0 N–H and O–H groups in total. The Morgan fingerprint density at radius 3 is 2.43 bits per heavy atom. The molecule has 0 aliphatic rings. The third kappa shape index (κ3) is 4.98. The number of hydrogen-bond acceptors (Lipinski definition) is 5. The van der Waals surface area contributed by atoms with Gasteiger partial charge in [-0.25, -0.2) is 0 Å². The first-order valence-electron chi connectivity index (χ1n) is 9.04. The normalized spacial score (nSPS) is 12.0. The maximum absolute atomic E-state index is 12.9. The van der Waals surface area contributed by atoms with Crippen molar-refractivity contribution in [1.29, 1.82) is 0 Å². The molecule has 0 fully saturated rings. The van der Waals surface area contributed by atoms with Gasteiger partial charge in [-0.1, -0.05) is 51.4 Å². The number of rotatable bonds is 7. The third-order valence-corrected chi connectivity index (χ3v) is 4.72. The maximum atomic E-state index is 12.9. The molecule has 1 amide bonds. The predicted octanol–water partition coefficient (Wildman–Crippen LogP) is 4.70. The number of carbonyl (C=O) groups excluding carboxylic acids is 1. The van der Waals surface area contributed by atoms with Gasteiger partial charge < -0.3 is 14.2 Å². The van der Waals surface area contributed by atoms with Gasteiger partial charge in [0.15, 0.2) is 6.10 Å². The van der Waals surface area contributed by atoms with E-state index in [2.05, 4.69) is 26.1 Å². The third-order valence-electron chi connectivity index (χ3n) is 4.19. The van der Waals surface area contributed by atoms with Crippen molar-refractivity contribution in [2.75, 3.05) is 0 Å². The Kier molecular flexibility index (Phi) is 6.46. The summed E-state index contributed by atoms with van der Waals surface area (Å²) in [6, 6.07) is 16.9. The number of halogens is 1. The highest BCUT2D eigenvalue weighted by Gasteiger charge is 2.26. The summed E-state index contributed by atoms with van der Waals surface area (Å²) in [6.07, 6.45) is -0.639. The van der Waals surface area contributed by atoms with Crippen molar-refractivity contribution in [1.82, 2.24) is 15.0 Å². The Morgan fingerprint density at radius 2 is 1.79 bits per heavy atom. The van der Waals surface area contributed by atoms with Crippen molar-refractivity contribution < 1.29 is 14.1 Å². The highest BCUT2D eigenvalue weighted by Crippen LogP contribution is 2.20. The number of amides is 1. The summed E-state index contributed by atoms with van der Waals surface area (Å²) in [5.74, 6) is 1.39. The lowest BCUT2D eigenvalue weighted by Crippen LogP contribution is -2.43. The van der Waals surface area contributed by atoms with Crippen molar-refractivity contribution in [3.05, 3.63) is 65.0 Å². The minimum absolute atomic E-state index is 0.0458. The molecule has 28 heavy (non-hydrogen) atoms. The molecule has 1 aromatic heterocycles. The Morgan fingerprint density at radius 1 is 1.11 bits per heavy atom. The molecule has 3 rings (SSSR count). The highest BCUT2D eigenvalue weighted by atomic mass is 79.9. The molecule has 0 radical (unpaired) electrons. The molecule has 0 unspecified atom stereocenters. The van der Waals surface area contributed by atoms with Crippen molar-refractivity contribution in [3.8, 4) is 17.1 Å². The van der Waals surface area contributed by atoms with E-state index < -0.39 is 6.10 Å². The number of aromatic nitrogens is 2. The van der Waals surface area contributed by atoms with Gasteiger partial charge in [0.05, 0.1) is 0 Å². The molecule has 0 bridgehead atoms. The number of hydrogen-bond donors (Lipinski definition) is 0. The van der Waals surface area contributed by atoms with Crippen LogP contribution >= 0.6 is 15.9 Å². The van der Waals surface area contributed by atoms with Crippen LogP contribution in [0.15, 0.2) is 63.6 Å². The van der Waals surface area contributed by atoms with Gasteiger partial charge in [-0.05, 0) is 45.0 Å². The summed E-state index contributed by atoms with van der Waals surface area (Å²) >= 11 is 3.38. The second-order valence-corrected chi connectivity index (χ2v) is 7.57. The Bertz CT molecular complexity index is 910. The van der Waals surface area contributed by atoms with Crippen molar-refractivity contribution in [2.24, 2.45) is 0 Å². The summed E-state index contributed by atoms with van der Waals surface area (Å²) in [4.78, 5) is 19.0. The quantitative estimate of drug-likeness (QED) is 0.528. The number of carbonyl (C=O) groups is 1. The van der Waals surface area contributed by atoms with E-state index in [-0.39, 0.29) is 18.5 Å². The number of ether oxygens (including phenoxy) is 1. The predicted molar refractivity (Wildman–Crippen MR) is 110 cm³/mol. The van der Waals surface area contributed by atoms with E-state index in [0.29, 0.717) is 17.5 Å². The minimum Gasteiger partial charge on any atom is -0.481 e. The molecule has 7 heteroatoms. The van der Waals surface area contributed by atoms with E-state index in [1.807, 2.05) is 68.4 Å². The van der Waals surface area contributed by atoms with E-state index in [9.17, 15) is 4.79 Å². The summed E-state index contributed by atoms with van der Waals surface area (Å²) in [5, 5.41) is 4.02. The summed E-state index contributed by atoms with van der Waals surface area (Å²) in [6.45, 7) is 5.85. The zero-order valence-corrected chi connectivity index (χ0v) is 17.6. The number of benzene rings is 2. The summed E-state index contributed by atoms with van der Waals surface area (Å²) < 4.78 is 12.1. The van der Waals surface area contributed by atoms with E-state index in [4.69, 9.17) is 9.26 Å². The fourth-order valence-electron chi connectivity index (χ4n) is 2.69. The van der Waals surface area contributed by atoms with Crippen LogP contribution in [-0.4, -0.2) is 33.1 Å². The van der Waals surface area contributed by atoms with Gasteiger partial charge in [0.25, 0.3) is 5.91 Å². The second-order valence-electron chi connectivity index (χ2n) is 6.65. The van der Waals surface area contributed by atoms with Crippen LogP contribution in [0.3, 0.4) is 0 Å². The van der Waals surface area contributed by atoms with E-state index >= 15 is 0 Å². The standard InChI is InChI=1S/C21H22BrN3O3/c1-14(2)25(21(26)15(3)27-18-11-9-17(22)10-12-18)13-19-23-20(24-28-19)16-7-5-4-6-8-16/h4-12,14-15H,13H2,1-3H3/t15-/m0/s1. The fraction of sp³-hybridized carbons (Fsp3) is 0.286. The largest absolute Gasteiger partial charge is 0.481 e. The Balaban J connectivity index is 1.70. The zero-order valence-electron chi connectivity index (χ0n) is 16.0. The smallest absolute Gasteiger partial charge is 0.264 e. The van der Waals surface area contributed by atoms with Gasteiger partial charge in [0, 0.05) is 16.1 Å². The van der Waals surface area contributed by atoms with Gasteiger partial charge in [-0.2, -0.15) is 4.98 Å². The monoisotopic (exact) mass is 443 g/mol. The minimum atomic E-state index is -0.639. The number of nitrogens with zero attached hydrogens (tertiary/aromatic N) is 3. The lowest BCUT2D eigenvalue weighted by Gasteiger charge is -2.28. The average molecular weight is 444 g/mol. The van der Waals surface area contributed by atoms with Crippen molar-refractivity contribution in [2.45, 2.75) is 39.5 Å². The van der Waals surface area contributed by atoms with Gasteiger partial charge >= 0.3 is 0 Å². The first-order chi connectivity index (χ1) is 13.4. The SMILES string of the molecule is CC(C)N(Cc1nc(-c2ccccc2)no1)C(=O)[C@H](C)Oc1ccc(Br)cc1. The topological polar surface area (TPSA) is 68.5 Å². The maximum Gasteiger partial charge on any atom is 0.264 e. The molecule has 6 nitrogen and oxygen atoms in total. The molecule has 3 aromatic rings. The van der Waals surface area contributed by atoms with Gasteiger partial charge in [-0.15, -0.1) is 0 Å². The molecule has 2 aromatic carbocycles. The highest BCUT2D eigenvalue weighted by molar-refractivity contribution is 9.10. The van der Waals surface area contributed by atoms with E-state index in [0.717, 1.165) is 10.0 Å². The summed E-state index contributed by atoms with van der Waals surface area (Å²) in [7, 11) is 0. The molecular formula is C21H22BrN3O3. The first-order valence-corrected chi connectivity index (χ1v) is 9.84. The zero-order chi connectivity index (χ0) is 20.1. The Labute approximate surface area is 172 Å². The lowest BCUT2D eigenvalue weighted by molar-refractivity contribution is -0.140. The molecule has 0 spiro atoms. The first kappa shape index (κ1) is 20.1. The molecular weight excluding hydrogens is 422 g/mol. The molecule has 0 saturated heterocycles. The molecule has 146 valence electrons. The van der Waals surface area contributed by atoms with Gasteiger partial charge in [-0.3, -0.25) is 4.79 Å². The van der Waals surface area contributed by atoms with Crippen LogP contribution in [0.5, 0.6) is 5.75 Å². The fourth-order valence-corrected chi connectivity index (χ4v) is 2.95.